The van der Waals surface area contributed by atoms with Gasteiger partial charge < -0.3 is 19.4 Å². The molecule has 0 aliphatic carbocycles. The summed E-state index contributed by atoms with van der Waals surface area (Å²) in [4.78, 5) is 34.3. The Balaban J connectivity index is 1.36. The summed E-state index contributed by atoms with van der Waals surface area (Å²) in [6.45, 7) is 5.39. The fourth-order valence-electron chi connectivity index (χ4n) is 3.78. The Morgan fingerprint density at radius 1 is 1.13 bits per heavy atom. The zero-order chi connectivity index (χ0) is 21.1. The van der Waals surface area contributed by atoms with Crippen LogP contribution in [-0.2, 0) is 4.74 Å². The van der Waals surface area contributed by atoms with Gasteiger partial charge in [0.05, 0.1) is 17.6 Å². The van der Waals surface area contributed by atoms with Gasteiger partial charge in [-0.25, -0.2) is 9.78 Å². The lowest BCUT2D eigenvalue weighted by molar-refractivity contribution is 0.0711. The molecule has 0 radical (unpaired) electrons. The van der Waals surface area contributed by atoms with Gasteiger partial charge >= 0.3 is 6.16 Å². The number of hydrogen-bond acceptors (Lipinski definition) is 5. The molecule has 2 aromatic carbocycles. The molecule has 1 aliphatic rings. The van der Waals surface area contributed by atoms with Gasteiger partial charge in [0, 0.05) is 24.6 Å². The number of aromatic amines is 1. The molecule has 0 atom stereocenters. The van der Waals surface area contributed by atoms with Crippen molar-refractivity contribution in [2.24, 2.45) is 0 Å². The summed E-state index contributed by atoms with van der Waals surface area (Å²) >= 11 is 0. The maximum atomic E-state index is 12.8. The van der Waals surface area contributed by atoms with E-state index in [4.69, 9.17) is 14.5 Å². The van der Waals surface area contributed by atoms with Crippen LogP contribution in [0.25, 0.3) is 11.0 Å². The zero-order valence-corrected chi connectivity index (χ0v) is 17.2. The summed E-state index contributed by atoms with van der Waals surface area (Å²) in [5, 5.41) is 0. The molecule has 1 amide bonds. The van der Waals surface area contributed by atoms with Crippen LogP contribution in [0.1, 0.15) is 47.4 Å². The number of piperidine rings is 1. The molecule has 1 N–H and O–H groups in total. The third kappa shape index (κ3) is 4.30. The van der Waals surface area contributed by atoms with Gasteiger partial charge in [-0.05, 0) is 68.7 Å². The molecular formula is C23H25N3O4. The van der Waals surface area contributed by atoms with Crippen LogP contribution in [0, 0.1) is 6.92 Å². The standard InChI is InChI=1S/C23H25N3O4/c1-3-29-23(28)30-18-7-5-17(6-8-18)22(27)26-12-10-16(11-13-26)21-24-19-9-4-15(2)14-20(19)25-21/h4-9,14,16H,3,10-13H2,1-2H3,(H,24,25). The van der Waals surface area contributed by atoms with E-state index in [0.29, 0.717) is 30.3 Å². The second-order valence-corrected chi connectivity index (χ2v) is 7.52. The minimum Gasteiger partial charge on any atom is -0.434 e. The quantitative estimate of drug-likeness (QED) is 0.511. The molecule has 30 heavy (non-hydrogen) atoms. The van der Waals surface area contributed by atoms with E-state index >= 15 is 0 Å². The molecule has 1 fully saturated rings. The molecule has 1 saturated heterocycles. The Hall–Kier alpha value is -3.35. The van der Waals surface area contributed by atoms with Crippen molar-refractivity contribution in [2.45, 2.75) is 32.6 Å². The molecule has 2 heterocycles. The Bertz CT molecular complexity index is 1050. The fourth-order valence-corrected chi connectivity index (χ4v) is 3.78. The van der Waals surface area contributed by atoms with Crippen molar-refractivity contribution in [2.75, 3.05) is 19.7 Å². The molecule has 4 rings (SSSR count). The van der Waals surface area contributed by atoms with E-state index in [1.165, 1.54) is 5.56 Å². The largest absolute Gasteiger partial charge is 0.513 e. The summed E-state index contributed by atoms with van der Waals surface area (Å²) in [5.41, 5.74) is 3.83. The van der Waals surface area contributed by atoms with Crippen molar-refractivity contribution >= 4 is 23.1 Å². The van der Waals surface area contributed by atoms with Crippen molar-refractivity contribution in [1.82, 2.24) is 14.9 Å². The van der Waals surface area contributed by atoms with Crippen LogP contribution in [0.2, 0.25) is 0 Å². The molecule has 0 bridgehead atoms. The molecule has 1 aromatic heterocycles. The molecule has 0 unspecified atom stereocenters. The first-order chi connectivity index (χ1) is 14.5. The number of carbonyl (C=O) groups excluding carboxylic acids is 2. The number of fused-ring (bicyclic) bond motifs is 1. The van der Waals surface area contributed by atoms with E-state index < -0.39 is 6.16 Å². The molecule has 7 nitrogen and oxygen atoms in total. The predicted molar refractivity (Wildman–Crippen MR) is 113 cm³/mol. The van der Waals surface area contributed by atoms with Gasteiger partial charge in [0.1, 0.15) is 11.6 Å². The van der Waals surface area contributed by atoms with Crippen LogP contribution in [-0.4, -0.2) is 46.6 Å². The molecule has 156 valence electrons. The number of hydrogen-bond donors (Lipinski definition) is 1. The minimum absolute atomic E-state index is 0.0173. The highest BCUT2D eigenvalue weighted by Gasteiger charge is 2.26. The highest BCUT2D eigenvalue weighted by atomic mass is 16.7. The van der Waals surface area contributed by atoms with Gasteiger partial charge in [-0.3, -0.25) is 4.79 Å². The number of aryl methyl sites for hydroxylation is 1. The van der Waals surface area contributed by atoms with E-state index in [-0.39, 0.29) is 12.5 Å². The number of rotatable bonds is 4. The number of likely N-dealkylation sites (tertiary alicyclic amines) is 1. The first-order valence-corrected chi connectivity index (χ1v) is 10.2. The molecule has 0 spiro atoms. The fraction of sp³-hybridized carbons (Fsp3) is 0.348. The highest BCUT2D eigenvalue weighted by molar-refractivity contribution is 5.94. The maximum absolute atomic E-state index is 12.8. The van der Waals surface area contributed by atoms with E-state index in [1.807, 2.05) is 11.0 Å². The maximum Gasteiger partial charge on any atom is 0.513 e. The van der Waals surface area contributed by atoms with Crippen molar-refractivity contribution in [3.8, 4) is 5.75 Å². The first-order valence-electron chi connectivity index (χ1n) is 10.2. The zero-order valence-electron chi connectivity index (χ0n) is 17.2. The highest BCUT2D eigenvalue weighted by Crippen LogP contribution is 2.29. The number of benzene rings is 2. The number of ether oxygens (including phenoxy) is 2. The minimum atomic E-state index is -0.751. The Labute approximate surface area is 175 Å². The normalized spacial score (nSPS) is 14.7. The summed E-state index contributed by atoms with van der Waals surface area (Å²) in [6, 6.07) is 12.8. The lowest BCUT2D eigenvalue weighted by Crippen LogP contribution is -2.38. The van der Waals surface area contributed by atoms with Gasteiger partial charge in [-0.15, -0.1) is 0 Å². The number of carbonyl (C=O) groups is 2. The third-order valence-electron chi connectivity index (χ3n) is 5.39. The second kappa shape index (κ2) is 8.57. The topological polar surface area (TPSA) is 84.5 Å². The van der Waals surface area contributed by atoms with Crippen LogP contribution < -0.4 is 4.74 Å². The monoisotopic (exact) mass is 407 g/mol. The van der Waals surface area contributed by atoms with Crippen molar-refractivity contribution in [3.05, 3.63) is 59.4 Å². The van der Waals surface area contributed by atoms with E-state index in [9.17, 15) is 9.59 Å². The van der Waals surface area contributed by atoms with E-state index in [0.717, 1.165) is 29.7 Å². The smallest absolute Gasteiger partial charge is 0.434 e. The van der Waals surface area contributed by atoms with Gasteiger partial charge in [0.25, 0.3) is 5.91 Å². The van der Waals surface area contributed by atoms with Crippen molar-refractivity contribution < 1.29 is 19.1 Å². The number of amides is 1. The van der Waals surface area contributed by atoms with Gasteiger partial charge in [0.15, 0.2) is 0 Å². The average Bonchev–Trinajstić information content (AvgIpc) is 3.17. The third-order valence-corrected chi connectivity index (χ3v) is 5.39. The van der Waals surface area contributed by atoms with Gasteiger partial charge in [0.2, 0.25) is 0 Å². The van der Waals surface area contributed by atoms with E-state index in [1.54, 1.807) is 31.2 Å². The number of aromatic nitrogens is 2. The Kier molecular flexibility index (Phi) is 5.70. The molecular weight excluding hydrogens is 382 g/mol. The SMILES string of the molecule is CCOC(=O)Oc1ccc(C(=O)N2CCC(c3nc4ccc(C)cc4[nH]3)CC2)cc1. The van der Waals surface area contributed by atoms with Crippen LogP contribution in [0.15, 0.2) is 42.5 Å². The lowest BCUT2D eigenvalue weighted by Gasteiger charge is -2.31. The van der Waals surface area contributed by atoms with E-state index in [2.05, 4.69) is 24.0 Å². The number of imidazole rings is 1. The lowest BCUT2D eigenvalue weighted by atomic mass is 9.95. The number of H-pyrrole nitrogens is 1. The summed E-state index contributed by atoms with van der Waals surface area (Å²) in [6.07, 6.45) is 0.989. The van der Waals surface area contributed by atoms with Crippen LogP contribution in [0.4, 0.5) is 4.79 Å². The summed E-state index contributed by atoms with van der Waals surface area (Å²) in [5.74, 6) is 1.66. The molecule has 7 heteroatoms. The number of nitrogens with one attached hydrogen (secondary N) is 1. The first kappa shape index (κ1) is 19.9. The van der Waals surface area contributed by atoms with Gasteiger partial charge in [-0.2, -0.15) is 0 Å². The van der Waals surface area contributed by atoms with Gasteiger partial charge in [-0.1, -0.05) is 6.07 Å². The van der Waals surface area contributed by atoms with Crippen LogP contribution in [0.5, 0.6) is 5.75 Å². The average molecular weight is 407 g/mol. The Morgan fingerprint density at radius 2 is 1.87 bits per heavy atom. The molecule has 3 aromatic rings. The summed E-state index contributed by atoms with van der Waals surface area (Å²) in [7, 11) is 0. The second-order valence-electron chi connectivity index (χ2n) is 7.52. The van der Waals surface area contributed by atoms with Crippen LogP contribution >= 0.6 is 0 Å². The molecule has 1 aliphatic heterocycles. The summed E-state index contributed by atoms with van der Waals surface area (Å²) < 4.78 is 9.78. The predicted octanol–water partition coefficient (Wildman–Crippen LogP) is 4.43. The Morgan fingerprint density at radius 3 is 2.57 bits per heavy atom. The van der Waals surface area contributed by atoms with Crippen LogP contribution in [0.3, 0.4) is 0 Å². The van der Waals surface area contributed by atoms with Crippen molar-refractivity contribution in [1.29, 1.82) is 0 Å². The molecule has 0 saturated carbocycles. The number of nitrogens with zero attached hydrogens (tertiary/aromatic N) is 2. The van der Waals surface area contributed by atoms with Crippen molar-refractivity contribution in [3.63, 3.8) is 0 Å².